The van der Waals surface area contributed by atoms with Gasteiger partial charge in [-0.15, -0.1) is 5.10 Å². The van der Waals surface area contributed by atoms with E-state index in [1.165, 1.54) is 4.68 Å². The third kappa shape index (κ3) is 2.97. The van der Waals surface area contributed by atoms with Crippen molar-refractivity contribution in [2.24, 2.45) is 0 Å². The molecule has 1 aromatic carbocycles. The Hall–Kier alpha value is -2.54. The first kappa shape index (κ1) is 13.4. The van der Waals surface area contributed by atoms with Crippen LogP contribution >= 0.6 is 15.9 Å². The molecule has 0 aliphatic heterocycles. The van der Waals surface area contributed by atoms with E-state index in [1.54, 1.807) is 42.9 Å². The van der Waals surface area contributed by atoms with Crippen molar-refractivity contribution < 1.29 is 4.79 Å². The monoisotopic (exact) mass is 343 g/mol. The lowest BCUT2D eigenvalue weighted by molar-refractivity contribution is 0.102. The third-order valence-corrected chi connectivity index (χ3v) is 3.40. The molecule has 0 fully saturated rings. The van der Waals surface area contributed by atoms with E-state index in [9.17, 15) is 4.79 Å². The Balaban J connectivity index is 1.79. The number of carbonyl (C=O) groups excluding carboxylic acids is 1. The van der Waals surface area contributed by atoms with E-state index in [4.69, 9.17) is 0 Å². The van der Waals surface area contributed by atoms with Crippen molar-refractivity contribution in [2.45, 2.75) is 0 Å². The molecule has 6 nitrogen and oxygen atoms in total. The summed E-state index contributed by atoms with van der Waals surface area (Å²) in [4.78, 5) is 20.3. The Morgan fingerprint density at radius 3 is 2.62 bits per heavy atom. The fraction of sp³-hybridized carbons (Fsp3) is 0. The zero-order chi connectivity index (χ0) is 14.7. The van der Waals surface area contributed by atoms with E-state index < -0.39 is 0 Å². The van der Waals surface area contributed by atoms with Crippen molar-refractivity contribution in [1.82, 2.24) is 19.7 Å². The number of carbonyl (C=O) groups is 1. The van der Waals surface area contributed by atoms with Crippen molar-refractivity contribution in [3.63, 3.8) is 0 Å². The second-order valence-corrected chi connectivity index (χ2v) is 4.98. The van der Waals surface area contributed by atoms with Gasteiger partial charge in [0, 0.05) is 29.1 Å². The Kier molecular flexibility index (Phi) is 3.74. The van der Waals surface area contributed by atoms with Gasteiger partial charge in [-0.3, -0.25) is 4.79 Å². The van der Waals surface area contributed by atoms with Gasteiger partial charge in [0.25, 0.3) is 5.91 Å². The lowest BCUT2D eigenvalue weighted by Gasteiger charge is -2.04. The summed E-state index contributed by atoms with van der Waals surface area (Å²) in [6, 6.07) is 10.6. The van der Waals surface area contributed by atoms with Crippen molar-refractivity contribution in [3.8, 4) is 5.95 Å². The van der Waals surface area contributed by atoms with Gasteiger partial charge in [-0.05, 0) is 34.1 Å². The van der Waals surface area contributed by atoms with Crippen molar-refractivity contribution in [3.05, 3.63) is 65.0 Å². The molecular weight excluding hydrogens is 334 g/mol. The molecule has 0 radical (unpaired) electrons. The number of aromatic nitrogens is 4. The molecular formula is C14H10BrN5O. The molecule has 2 heterocycles. The summed E-state index contributed by atoms with van der Waals surface area (Å²) in [5, 5.41) is 6.95. The van der Waals surface area contributed by atoms with E-state index in [2.05, 4.69) is 36.3 Å². The Labute approximate surface area is 129 Å². The highest BCUT2D eigenvalue weighted by molar-refractivity contribution is 9.10. The van der Waals surface area contributed by atoms with E-state index in [0.717, 1.165) is 4.47 Å². The zero-order valence-corrected chi connectivity index (χ0v) is 12.4. The highest BCUT2D eigenvalue weighted by Gasteiger charge is 2.11. The number of benzene rings is 1. The van der Waals surface area contributed by atoms with Gasteiger partial charge in [-0.1, -0.05) is 12.1 Å². The molecule has 0 atom stereocenters. The van der Waals surface area contributed by atoms with Gasteiger partial charge < -0.3 is 5.32 Å². The number of hydrogen-bond acceptors (Lipinski definition) is 4. The van der Waals surface area contributed by atoms with Crippen LogP contribution in [0.25, 0.3) is 5.95 Å². The van der Waals surface area contributed by atoms with Crippen LogP contribution in [0.4, 0.5) is 5.82 Å². The minimum Gasteiger partial charge on any atom is -0.305 e. The number of halogens is 1. The molecule has 2 aromatic heterocycles. The predicted molar refractivity (Wildman–Crippen MR) is 81.2 cm³/mol. The van der Waals surface area contributed by atoms with Crippen LogP contribution in [0.5, 0.6) is 0 Å². The van der Waals surface area contributed by atoms with Crippen molar-refractivity contribution in [1.29, 1.82) is 0 Å². The topological polar surface area (TPSA) is 72.7 Å². The molecule has 0 bridgehead atoms. The van der Waals surface area contributed by atoms with Crippen molar-refractivity contribution >= 4 is 27.7 Å². The molecule has 7 heteroatoms. The van der Waals surface area contributed by atoms with Crippen LogP contribution in [0.3, 0.4) is 0 Å². The van der Waals surface area contributed by atoms with E-state index >= 15 is 0 Å². The highest BCUT2D eigenvalue weighted by Crippen LogP contribution is 2.17. The number of rotatable bonds is 3. The third-order valence-electron chi connectivity index (χ3n) is 2.71. The average Bonchev–Trinajstić information content (AvgIpc) is 2.97. The molecule has 104 valence electrons. The van der Waals surface area contributed by atoms with E-state index in [-0.39, 0.29) is 5.91 Å². The molecule has 0 aliphatic carbocycles. The molecule has 3 rings (SSSR count). The van der Waals surface area contributed by atoms with Crippen LogP contribution in [0.1, 0.15) is 10.4 Å². The maximum Gasteiger partial charge on any atom is 0.258 e. The first-order valence-electron chi connectivity index (χ1n) is 6.13. The maximum atomic E-state index is 12.2. The molecule has 1 amide bonds. The molecule has 0 unspecified atom stereocenters. The quantitative estimate of drug-likeness (QED) is 0.793. The van der Waals surface area contributed by atoms with Gasteiger partial charge in [0.05, 0.1) is 5.56 Å². The first-order chi connectivity index (χ1) is 10.2. The highest BCUT2D eigenvalue weighted by atomic mass is 79.9. The average molecular weight is 344 g/mol. The fourth-order valence-corrected chi connectivity index (χ4v) is 2.21. The second-order valence-electron chi connectivity index (χ2n) is 4.13. The Morgan fingerprint density at radius 1 is 1.10 bits per heavy atom. The van der Waals surface area contributed by atoms with Gasteiger partial charge in [-0.2, -0.15) is 0 Å². The summed E-state index contributed by atoms with van der Waals surface area (Å²) in [5.41, 5.74) is 0.544. The molecule has 0 aliphatic rings. The predicted octanol–water partition coefficient (Wildman–Crippen LogP) is 2.68. The normalized spacial score (nSPS) is 10.3. The van der Waals surface area contributed by atoms with Crippen molar-refractivity contribution in [2.75, 3.05) is 5.32 Å². The largest absolute Gasteiger partial charge is 0.305 e. The molecule has 1 N–H and O–H groups in total. The second kappa shape index (κ2) is 5.84. The summed E-state index contributed by atoms with van der Waals surface area (Å²) in [5.74, 6) is 0.642. The minimum atomic E-state index is -0.235. The Bertz CT molecular complexity index is 772. The van der Waals surface area contributed by atoms with Crippen LogP contribution in [0.2, 0.25) is 0 Å². The van der Waals surface area contributed by atoms with Crippen LogP contribution in [-0.4, -0.2) is 25.7 Å². The molecule has 0 saturated carbocycles. The number of anilines is 1. The molecule has 0 spiro atoms. The SMILES string of the molecule is O=C(Nc1ccn(-c2ncccn2)n1)c1ccccc1Br. The summed E-state index contributed by atoms with van der Waals surface area (Å²) in [7, 11) is 0. The van der Waals surface area contributed by atoms with Crippen LogP contribution in [0, 0.1) is 0 Å². The van der Waals surface area contributed by atoms with Gasteiger partial charge in [0.2, 0.25) is 5.95 Å². The van der Waals surface area contributed by atoms with Gasteiger partial charge in [-0.25, -0.2) is 14.6 Å². The Morgan fingerprint density at radius 2 is 1.86 bits per heavy atom. The van der Waals surface area contributed by atoms with Crippen LogP contribution < -0.4 is 5.32 Å². The van der Waals surface area contributed by atoms with Gasteiger partial charge in [0.15, 0.2) is 5.82 Å². The molecule has 0 saturated heterocycles. The van der Waals surface area contributed by atoms with E-state index in [1.807, 2.05) is 12.1 Å². The fourth-order valence-electron chi connectivity index (χ4n) is 1.74. The zero-order valence-electron chi connectivity index (χ0n) is 10.8. The number of hydrogen-bond donors (Lipinski definition) is 1. The van der Waals surface area contributed by atoms with Crippen LogP contribution in [0.15, 0.2) is 59.5 Å². The van der Waals surface area contributed by atoms with Crippen LogP contribution in [-0.2, 0) is 0 Å². The summed E-state index contributed by atoms with van der Waals surface area (Å²) in [6.45, 7) is 0. The molecule has 3 aromatic rings. The van der Waals surface area contributed by atoms with Gasteiger partial charge >= 0.3 is 0 Å². The number of nitrogens with one attached hydrogen (secondary N) is 1. The lowest BCUT2D eigenvalue weighted by atomic mass is 10.2. The van der Waals surface area contributed by atoms with E-state index in [0.29, 0.717) is 17.3 Å². The lowest BCUT2D eigenvalue weighted by Crippen LogP contribution is -2.13. The summed E-state index contributed by atoms with van der Waals surface area (Å²) < 4.78 is 2.23. The number of amides is 1. The first-order valence-corrected chi connectivity index (χ1v) is 6.92. The smallest absolute Gasteiger partial charge is 0.258 e. The summed E-state index contributed by atoms with van der Waals surface area (Å²) >= 11 is 3.35. The maximum absolute atomic E-state index is 12.2. The van der Waals surface area contributed by atoms with Gasteiger partial charge in [0.1, 0.15) is 0 Å². The molecule has 21 heavy (non-hydrogen) atoms. The standard InChI is InChI=1S/C14H10BrN5O/c15-11-5-2-1-4-10(11)13(21)18-12-6-9-20(19-12)14-16-7-3-8-17-14/h1-9H,(H,18,19,21). The minimum absolute atomic E-state index is 0.235. The summed E-state index contributed by atoms with van der Waals surface area (Å²) in [6.07, 6.45) is 4.94. The number of nitrogens with zero attached hydrogens (tertiary/aromatic N) is 4.